The van der Waals surface area contributed by atoms with Crippen molar-refractivity contribution in [3.8, 4) is 0 Å². The molecule has 6 N–H and O–H groups in total. The second-order valence-corrected chi connectivity index (χ2v) is 18.7. The first kappa shape index (κ1) is 57.9. The number of aliphatic hydroxyl groups is 5. The van der Waals surface area contributed by atoms with Crippen molar-refractivity contribution in [1.82, 2.24) is 5.32 Å². The average molecular weight is 868 g/mol. The normalized spacial score (nSPS) is 20.4. The van der Waals surface area contributed by atoms with Crippen LogP contribution in [-0.4, -0.2) is 87.5 Å². The second kappa shape index (κ2) is 42.9. The fraction of sp³-hybridized carbons (Fsp3) is 0.942. The minimum absolute atomic E-state index is 0.137. The standard InChI is InChI=1S/C52H101NO8/c1-3-5-7-9-11-13-15-17-19-21-23-24-25-27-29-31-33-35-37-39-41-46(55)45(44-60-52-51(59)50(58)49(57)47(43-54)61-52)53-48(56)42-40-38-36-34-32-30-28-26-22-20-18-16-14-12-10-8-6-4-2/h26,28,45-47,49-52,54-55,57-59H,3-25,27,29-44H2,1-2H3,(H,53,56)/b28-26-. The maximum atomic E-state index is 13.0. The molecule has 0 bridgehead atoms. The molecule has 0 radical (unpaired) electrons. The third kappa shape index (κ3) is 33.1. The summed E-state index contributed by atoms with van der Waals surface area (Å²) < 4.78 is 11.3. The maximum absolute atomic E-state index is 13.0. The summed E-state index contributed by atoms with van der Waals surface area (Å²) in [6.45, 7) is 3.86. The molecule has 61 heavy (non-hydrogen) atoms. The van der Waals surface area contributed by atoms with Gasteiger partial charge in [-0.15, -0.1) is 0 Å². The van der Waals surface area contributed by atoms with Gasteiger partial charge < -0.3 is 40.3 Å². The van der Waals surface area contributed by atoms with Crippen molar-refractivity contribution in [2.45, 2.75) is 301 Å². The van der Waals surface area contributed by atoms with Crippen LogP contribution in [0.4, 0.5) is 0 Å². The summed E-state index contributed by atoms with van der Waals surface area (Å²) in [4.78, 5) is 13.0. The van der Waals surface area contributed by atoms with E-state index in [1.54, 1.807) is 0 Å². The van der Waals surface area contributed by atoms with Gasteiger partial charge in [-0.25, -0.2) is 0 Å². The molecule has 0 saturated carbocycles. The van der Waals surface area contributed by atoms with Gasteiger partial charge in [-0.3, -0.25) is 4.79 Å². The zero-order valence-electron chi connectivity index (χ0n) is 39.9. The van der Waals surface area contributed by atoms with Crippen molar-refractivity contribution in [1.29, 1.82) is 0 Å². The van der Waals surface area contributed by atoms with Crippen LogP contribution < -0.4 is 5.32 Å². The lowest BCUT2D eigenvalue weighted by Crippen LogP contribution is -2.60. The van der Waals surface area contributed by atoms with E-state index in [-0.39, 0.29) is 12.5 Å². The van der Waals surface area contributed by atoms with Gasteiger partial charge in [0, 0.05) is 6.42 Å². The van der Waals surface area contributed by atoms with Crippen LogP contribution in [0.15, 0.2) is 12.2 Å². The Morgan fingerprint density at radius 2 is 0.918 bits per heavy atom. The zero-order chi connectivity index (χ0) is 44.4. The third-order valence-electron chi connectivity index (χ3n) is 12.9. The third-order valence-corrected chi connectivity index (χ3v) is 12.9. The lowest BCUT2D eigenvalue weighted by atomic mass is 9.99. The molecule has 1 fully saturated rings. The molecule has 1 saturated heterocycles. The zero-order valence-corrected chi connectivity index (χ0v) is 39.9. The summed E-state index contributed by atoms with van der Waals surface area (Å²) in [6.07, 6.45) is 43.6. The van der Waals surface area contributed by atoms with Gasteiger partial charge >= 0.3 is 0 Å². The van der Waals surface area contributed by atoms with Crippen molar-refractivity contribution in [3.05, 3.63) is 12.2 Å². The smallest absolute Gasteiger partial charge is 0.220 e. The molecule has 0 aromatic heterocycles. The van der Waals surface area contributed by atoms with Gasteiger partial charge in [-0.2, -0.15) is 0 Å². The molecule has 1 aliphatic rings. The molecule has 1 rings (SSSR count). The highest BCUT2D eigenvalue weighted by molar-refractivity contribution is 5.76. The Hall–Kier alpha value is -1.07. The molecular weight excluding hydrogens is 767 g/mol. The molecule has 9 nitrogen and oxygen atoms in total. The highest BCUT2D eigenvalue weighted by Crippen LogP contribution is 2.23. The number of ether oxygens (including phenoxy) is 2. The average Bonchev–Trinajstić information content (AvgIpc) is 3.26. The fourth-order valence-corrected chi connectivity index (χ4v) is 8.63. The monoisotopic (exact) mass is 868 g/mol. The van der Waals surface area contributed by atoms with Crippen molar-refractivity contribution in [2.75, 3.05) is 13.2 Å². The van der Waals surface area contributed by atoms with E-state index >= 15 is 0 Å². The molecule has 1 amide bonds. The number of aliphatic hydroxyl groups excluding tert-OH is 5. The van der Waals surface area contributed by atoms with Gasteiger partial charge in [0.1, 0.15) is 24.4 Å². The van der Waals surface area contributed by atoms with Gasteiger partial charge in [0.15, 0.2) is 6.29 Å². The highest BCUT2D eigenvalue weighted by atomic mass is 16.7. The lowest BCUT2D eigenvalue weighted by Gasteiger charge is -2.40. The minimum atomic E-state index is -1.55. The number of carbonyl (C=O) groups is 1. The summed E-state index contributed by atoms with van der Waals surface area (Å²) in [5.41, 5.74) is 0. The number of rotatable bonds is 45. The molecule has 0 aromatic rings. The first-order valence-corrected chi connectivity index (χ1v) is 26.4. The van der Waals surface area contributed by atoms with E-state index in [4.69, 9.17) is 9.47 Å². The van der Waals surface area contributed by atoms with Crippen molar-refractivity contribution in [3.63, 3.8) is 0 Å². The Balaban J connectivity index is 2.26. The van der Waals surface area contributed by atoms with E-state index in [0.29, 0.717) is 12.8 Å². The maximum Gasteiger partial charge on any atom is 0.220 e. The molecule has 7 atom stereocenters. The van der Waals surface area contributed by atoms with E-state index < -0.39 is 49.5 Å². The summed E-state index contributed by atoms with van der Waals surface area (Å²) in [5, 5.41) is 54.5. The first-order valence-electron chi connectivity index (χ1n) is 26.4. The summed E-state index contributed by atoms with van der Waals surface area (Å²) >= 11 is 0. The van der Waals surface area contributed by atoms with E-state index in [1.165, 1.54) is 180 Å². The van der Waals surface area contributed by atoms with Crippen molar-refractivity contribution < 1.29 is 39.8 Å². The molecule has 0 spiro atoms. The van der Waals surface area contributed by atoms with Crippen molar-refractivity contribution in [2.24, 2.45) is 0 Å². The van der Waals surface area contributed by atoms with Crippen molar-refractivity contribution >= 4 is 5.91 Å². The Kier molecular flexibility index (Phi) is 40.7. The molecule has 1 aliphatic heterocycles. The van der Waals surface area contributed by atoms with Crippen LogP contribution in [0.5, 0.6) is 0 Å². The van der Waals surface area contributed by atoms with Gasteiger partial charge in [-0.1, -0.05) is 225 Å². The van der Waals surface area contributed by atoms with Crippen LogP contribution in [0.25, 0.3) is 0 Å². The molecular formula is C52H101NO8. The predicted octanol–water partition coefficient (Wildman–Crippen LogP) is 12.1. The number of carbonyl (C=O) groups excluding carboxylic acids is 1. The largest absolute Gasteiger partial charge is 0.394 e. The number of allylic oxidation sites excluding steroid dienone is 2. The summed E-state index contributed by atoms with van der Waals surface area (Å²) in [7, 11) is 0. The van der Waals surface area contributed by atoms with Crippen LogP contribution >= 0.6 is 0 Å². The molecule has 7 unspecified atom stereocenters. The second-order valence-electron chi connectivity index (χ2n) is 18.7. The van der Waals surface area contributed by atoms with Crippen LogP contribution in [0.3, 0.4) is 0 Å². The van der Waals surface area contributed by atoms with E-state index in [0.717, 1.165) is 51.4 Å². The van der Waals surface area contributed by atoms with Crippen LogP contribution in [0.1, 0.15) is 258 Å². The van der Waals surface area contributed by atoms with Crippen LogP contribution in [0.2, 0.25) is 0 Å². The number of amides is 1. The topological polar surface area (TPSA) is 149 Å². The molecule has 362 valence electrons. The number of unbranched alkanes of at least 4 members (excludes halogenated alkanes) is 33. The summed E-state index contributed by atoms with van der Waals surface area (Å²) in [6, 6.07) is -0.720. The van der Waals surface area contributed by atoms with Gasteiger partial charge in [0.25, 0.3) is 0 Å². The van der Waals surface area contributed by atoms with E-state index in [9.17, 15) is 30.3 Å². The Morgan fingerprint density at radius 1 is 0.541 bits per heavy atom. The number of hydrogen-bond acceptors (Lipinski definition) is 8. The molecule has 0 aromatic carbocycles. The van der Waals surface area contributed by atoms with Gasteiger partial charge in [0.2, 0.25) is 5.91 Å². The highest BCUT2D eigenvalue weighted by Gasteiger charge is 2.44. The molecule has 0 aliphatic carbocycles. The Bertz CT molecular complexity index is 966. The van der Waals surface area contributed by atoms with Crippen LogP contribution in [0, 0.1) is 0 Å². The van der Waals surface area contributed by atoms with E-state index in [2.05, 4.69) is 31.3 Å². The Labute approximate surface area is 376 Å². The van der Waals surface area contributed by atoms with Gasteiger partial charge in [-0.05, 0) is 38.5 Å². The quantitative estimate of drug-likeness (QED) is 0.0262. The Morgan fingerprint density at radius 3 is 1.33 bits per heavy atom. The van der Waals surface area contributed by atoms with E-state index in [1.807, 2.05) is 0 Å². The number of nitrogens with one attached hydrogen (secondary N) is 1. The van der Waals surface area contributed by atoms with Gasteiger partial charge in [0.05, 0.1) is 25.4 Å². The minimum Gasteiger partial charge on any atom is -0.394 e. The number of hydrogen-bond donors (Lipinski definition) is 6. The molecule has 1 heterocycles. The van der Waals surface area contributed by atoms with Crippen LogP contribution in [-0.2, 0) is 14.3 Å². The SMILES string of the molecule is CCCCCCCCCCC/C=C\CCCCCCCC(=O)NC(COC1OC(CO)C(O)C(O)C1O)C(O)CCCCCCCCCCCCCCCCCCCCCC. The first-order chi connectivity index (χ1) is 29.8. The predicted molar refractivity (Wildman–Crippen MR) is 254 cm³/mol. The lowest BCUT2D eigenvalue weighted by molar-refractivity contribution is -0.302. The fourth-order valence-electron chi connectivity index (χ4n) is 8.63. The summed E-state index contributed by atoms with van der Waals surface area (Å²) in [5.74, 6) is -0.149. The molecule has 9 heteroatoms.